The minimum Gasteiger partial charge on any atom is -0.390 e. The highest BCUT2D eigenvalue weighted by Gasteiger charge is 2.38. The highest BCUT2D eigenvalue weighted by molar-refractivity contribution is 5.03. The second kappa shape index (κ2) is 3.83. The Morgan fingerprint density at radius 2 is 2.15 bits per heavy atom. The second-order valence-electron chi connectivity index (χ2n) is 4.68. The van der Waals surface area contributed by atoms with Crippen molar-refractivity contribution in [3.05, 3.63) is 12.2 Å². The Labute approximate surface area is 81.9 Å². The van der Waals surface area contributed by atoms with Crippen molar-refractivity contribution in [3.63, 3.8) is 0 Å². The van der Waals surface area contributed by atoms with Gasteiger partial charge in [0.25, 0.3) is 0 Å². The molecule has 0 amide bonds. The van der Waals surface area contributed by atoms with Crippen LogP contribution in [0.25, 0.3) is 0 Å². The average Bonchev–Trinajstić information content (AvgIpc) is 2.09. The summed E-state index contributed by atoms with van der Waals surface area (Å²) in [6.45, 7) is 10.3. The zero-order valence-corrected chi connectivity index (χ0v) is 9.14. The lowest BCUT2D eigenvalue weighted by Gasteiger charge is -2.41. The van der Waals surface area contributed by atoms with E-state index in [9.17, 15) is 5.11 Å². The summed E-state index contributed by atoms with van der Waals surface area (Å²) in [6, 6.07) is 0. The van der Waals surface area contributed by atoms with Gasteiger partial charge in [0.05, 0.1) is 5.60 Å². The fraction of sp³-hybridized carbons (Fsp3) is 0.833. The average molecular weight is 182 g/mol. The van der Waals surface area contributed by atoms with Crippen LogP contribution >= 0.6 is 0 Å². The normalized spacial score (nSPS) is 40.3. The summed E-state index contributed by atoms with van der Waals surface area (Å²) >= 11 is 0. The molecule has 0 unspecified atom stereocenters. The highest BCUT2D eigenvalue weighted by atomic mass is 16.3. The SMILES string of the molecule is C=C(C)[C@@H]1CC[C@@H](C)[C@](O)(CC)C1. The number of aliphatic hydroxyl groups is 1. The van der Waals surface area contributed by atoms with E-state index in [1.807, 2.05) is 0 Å². The Morgan fingerprint density at radius 3 is 2.62 bits per heavy atom. The van der Waals surface area contributed by atoms with Gasteiger partial charge in [-0.25, -0.2) is 0 Å². The van der Waals surface area contributed by atoms with Crippen molar-refractivity contribution in [2.24, 2.45) is 11.8 Å². The molecule has 1 saturated carbocycles. The quantitative estimate of drug-likeness (QED) is 0.650. The van der Waals surface area contributed by atoms with E-state index in [0.29, 0.717) is 11.8 Å². The van der Waals surface area contributed by atoms with Crippen molar-refractivity contribution in [3.8, 4) is 0 Å². The number of hydrogen-bond acceptors (Lipinski definition) is 1. The van der Waals surface area contributed by atoms with Crippen molar-refractivity contribution < 1.29 is 5.11 Å². The first kappa shape index (κ1) is 10.8. The molecule has 0 saturated heterocycles. The van der Waals surface area contributed by atoms with Gasteiger partial charge in [0.1, 0.15) is 0 Å². The Bertz CT molecular complexity index is 197. The lowest BCUT2D eigenvalue weighted by molar-refractivity contribution is -0.0567. The molecule has 1 nitrogen and oxygen atoms in total. The van der Waals surface area contributed by atoms with Gasteiger partial charge in [-0.3, -0.25) is 0 Å². The summed E-state index contributed by atoms with van der Waals surface area (Å²) in [6.07, 6.45) is 4.14. The molecule has 13 heavy (non-hydrogen) atoms. The molecule has 1 aliphatic rings. The second-order valence-corrected chi connectivity index (χ2v) is 4.68. The maximum atomic E-state index is 10.3. The van der Waals surface area contributed by atoms with Crippen molar-refractivity contribution in [2.45, 2.75) is 52.1 Å². The summed E-state index contributed by atoms with van der Waals surface area (Å²) in [5, 5.41) is 10.3. The standard InChI is InChI=1S/C12H22O/c1-5-12(13)8-11(9(2)3)7-6-10(12)4/h10-11,13H,2,5-8H2,1,3-4H3/t10-,11-,12+/m1/s1. The molecule has 0 aromatic heterocycles. The Morgan fingerprint density at radius 1 is 1.54 bits per heavy atom. The van der Waals surface area contributed by atoms with Crippen LogP contribution in [-0.4, -0.2) is 10.7 Å². The van der Waals surface area contributed by atoms with E-state index in [1.54, 1.807) is 0 Å². The zero-order chi connectivity index (χ0) is 10.1. The van der Waals surface area contributed by atoms with E-state index in [1.165, 1.54) is 12.0 Å². The van der Waals surface area contributed by atoms with Crippen LogP contribution in [-0.2, 0) is 0 Å². The monoisotopic (exact) mass is 182 g/mol. The van der Waals surface area contributed by atoms with Crippen molar-refractivity contribution in [2.75, 3.05) is 0 Å². The summed E-state index contributed by atoms with van der Waals surface area (Å²) in [7, 11) is 0. The molecule has 1 aliphatic carbocycles. The topological polar surface area (TPSA) is 20.2 Å². The summed E-state index contributed by atoms with van der Waals surface area (Å²) < 4.78 is 0. The van der Waals surface area contributed by atoms with Crippen LogP contribution in [0.4, 0.5) is 0 Å². The van der Waals surface area contributed by atoms with E-state index < -0.39 is 5.60 Å². The zero-order valence-electron chi connectivity index (χ0n) is 9.14. The molecule has 1 fully saturated rings. The molecule has 1 heteroatoms. The van der Waals surface area contributed by atoms with Crippen LogP contribution in [0.1, 0.15) is 46.5 Å². The largest absolute Gasteiger partial charge is 0.390 e. The van der Waals surface area contributed by atoms with Gasteiger partial charge in [-0.05, 0) is 44.4 Å². The fourth-order valence-corrected chi connectivity index (χ4v) is 2.36. The van der Waals surface area contributed by atoms with Crippen LogP contribution in [0.2, 0.25) is 0 Å². The van der Waals surface area contributed by atoms with Gasteiger partial charge < -0.3 is 5.11 Å². The van der Waals surface area contributed by atoms with Crippen LogP contribution in [0.15, 0.2) is 12.2 Å². The minimum atomic E-state index is -0.429. The van der Waals surface area contributed by atoms with Gasteiger partial charge in [-0.15, -0.1) is 0 Å². The fourth-order valence-electron chi connectivity index (χ4n) is 2.36. The first-order valence-electron chi connectivity index (χ1n) is 5.37. The lowest BCUT2D eigenvalue weighted by Crippen LogP contribution is -2.41. The van der Waals surface area contributed by atoms with Crippen LogP contribution in [0.3, 0.4) is 0 Å². The smallest absolute Gasteiger partial charge is 0.0676 e. The molecule has 0 bridgehead atoms. The van der Waals surface area contributed by atoms with Crippen LogP contribution < -0.4 is 0 Å². The maximum absolute atomic E-state index is 10.3. The Kier molecular flexibility index (Phi) is 3.18. The molecule has 76 valence electrons. The molecular weight excluding hydrogens is 160 g/mol. The van der Waals surface area contributed by atoms with Gasteiger partial charge in [0, 0.05) is 0 Å². The number of rotatable bonds is 2. The van der Waals surface area contributed by atoms with Crippen molar-refractivity contribution in [1.29, 1.82) is 0 Å². The molecule has 3 atom stereocenters. The van der Waals surface area contributed by atoms with Gasteiger partial charge >= 0.3 is 0 Å². The van der Waals surface area contributed by atoms with E-state index >= 15 is 0 Å². The summed E-state index contributed by atoms with van der Waals surface area (Å²) in [5.74, 6) is 0.995. The van der Waals surface area contributed by atoms with E-state index in [0.717, 1.165) is 19.3 Å². The number of allylic oxidation sites excluding steroid dienone is 1. The molecule has 0 spiro atoms. The Balaban J connectivity index is 2.68. The van der Waals surface area contributed by atoms with E-state index in [4.69, 9.17) is 0 Å². The summed E-state index contributed by atoms with van der Waals surface area (Å²) in [5.41, 5.74) is 0.806. The van der Waals surface area contributed by atoms with Crippen molar-refractivity contribution in [1.82, 2.24) is 0 Å². The Hall–Kier alpha value is -0.300. The molecule has 0 aromatic carbocycles. The lowest BCUT2D eigenvalue weighted by atomic mass is 9.69. The third-order valence-electron chi connectivity index (χ3n) is 3.77. The molecule has 1 rings (SSSR count). The molecule has 0 heterocycles. The molecule has 1 N–H and O–H groups in total. The molecule has 0 aliphatic heterocycles. The first-order valence-corrected chi connectivity index (χ1v) is 5.37. The van der Waals surface area contributed by atoms with E-state index in [-0.39, 0.29) is 0 Å². The number of hydrogen-bond donors (Lipinski definition) is 1. The first-order chi connectivity index (χ1) is 5.99. The van der Waals surface area contributed by atoms with Crippen LogP contribution in [0, 0.1) is 11.8 Å². The summed E-state index contributed by atoms with van der Waals surface area (Å²) in [4.78, 5) is 0. The van der Waals surface area contributed by atoms with Gasteiger partial charge in [0.2, 0.25) is 0 Å². The van der Waals surface area contributed by atoms with Gasteiger partial charge in [0.15, 0.2) is 0 Å². The maximum Gasteiger partial charge on any atom is 0.0676 e. The predicted octanol–water partition coefficient (Wildman–Crippen LogP) is 3.14. The predicted molar refractivity (Wildman–Crippen MR) is 56.6 cm³/mol. The van der Waals surface area contributed by atoms with Crippen molar-refractivity contribution >= 4 is 0 Å². The highest BCUT2D eigenvalue weighted by Crippen LogP contribution is 2.41. The third kappa shape index (κ3) is 2.14. The van der Waals surface area contributed by atoms with E-state index in [2.05, 4.69) is 27.4 Å². The molecule has 0 radical (unpaired) electrons. The van der Waals surface area contributed by atoms with Gasteiger partial charge in [-0.2, -0.15) is 0 Å². The van der Waals surface area contributed by atoms with Crippen LogP contribution in [0.5, 0.6) is 0 Å². The minimum absolute atomic E-state index is 0.429. The molecular formula is C12H22O. The molecule has 0 aromatic rings. The van der Waals surface area contributed by atoms with Gasteiger partial charge in [-0.1, -0.05) is 26.0 Å². The third-order valence-corrected chi connectivity index (χ3v) is 3.77.